The summed E-state index contributed by atoms with van der Waals surface area (Å²) in [6.45, 7) is 1.91. The van der Waals surface area contributed by atoms with Crippen LogP contribution in [0.2, 0.25) is 0 Å². The third kappa shape index (κ3) is 3.18. The lowest BCUT2D eigenvalue weighted by molar-refractivity contribution is -0.273. The molecule has 2 unspecified atom stereocenters. The lowest BCUT2D eigenvalue weighted by Gasteiger charge is -2.59. The van der Waals surface area contributed by atoms with Gasteiger partial charge >= 0.3 is 6.18 Å². The lowest BCUT2D eigenvalue weighted by atomic mass is 9.48. The van der Waals surface area contributed by atoms with Gasteiger partial charge in [-0.2, -0.15) is 13.2 Å². The normalized spacial score (nSPS) is 35.7. The van der Waals surface area contributed by atoms with E-state index in [-0.39, 0.29) is 11.5 Å². The van der Waals surface area contributed by atoms with Gasteiger partial charge in [-0.3, -0.25) is 4.79 Å². The molecular weight excluding hydrogens is 359 g/mol. The van der Waals surface area contributed by atoms with Crippen LogP contribution in [0.3, 0.4) is 0 Å². The van der Waals surface area contributed by atoms with Crippen molar-refractivity contribution in [3.8, 4) is 0 Å². The van der Waals surface area contributed by atoms with Gasteiger partial charge in [-0.1, -0.05) is 0 Å². The number of furan rings is 1. The minimum atomic E-state index is -5.01. The Morgan fingerprint density at radius 2 is 1.81 bits per heavy atom. The monoisotopic (exact) mass is 385 g/mol. The molecule has 150 valence electrons. The van der Waals surface area contributed by atoms with Crippen LogP contribution in [0.5, 0.6) is 0 Å². The molecule has 1 aromatic rings. The zero-order valence-electron chi connectivity index (χ0n) is 15.4. The van der Waals surface area contributed by atoms with Crippen LogP contribution < -0.4 is 5.32 Å². The summed E-state index contributed by atoms with van der Waals surface area (Å²) in [6.07, 6.45) is 1.85. The minimum absolute atomic E-state index is 0.00849. The number of amides is 1. The van der Waals surface area contributed by atoms with E-state index in [1.165, 1.54) is 25.3 Å². The fourth-order valence-corrected chi connectivity index (χ4v) is 6.23. The second-order valence-corrected chi connectivity index (χ2v) is 9.08. The standard InChI is InChI=1S/C20H26F3NO3/c1-12(18-8-13-5-14(9-18)7-15(6-13)10-18)24-17(25)11-19(26,20(21,22)23)16-3-2-4-27-16/h2-4,12-15,26H,5-11H2,1H3,(H,24,25). The maximum Gasteiger partial charge on any atom is 0.425 e. The number of carbonyl (C=O) groups excluding carboxylic acids is 1. The maximum absolute atomic E-state index is 13.5. The van der Waals surface area contributed by atoms with Crippen LogP contribution in [0, 0.1) is 23.2 Å². The molecule has 1 aromatic heterocycles. The second kappa shape index (κ2) is 6.26. The number of alkyl halides is 3. The average Bonchev–Trinajstić information content (AvgIpc) is 3.07. The predicted octanol–water partition coefficient (Wildman–Crippen LogP) is 4.14. The van der Waals surface area contributed by atoms with Gasteiger partial charge in [0.1, 0.15) is 5.76 Å². The molecule has 5 rings (SSSR count). The quantitative estimate of drug-likeness (QED) is 0.801. The van der Waals surface area contributed by atoms with Gasteiger partial charge in [0.15, 0.2) is 0 Å². The van der Waals surface area contributed by atoms with E-state index in [1.807, 2.05) is 6.92 Å². The smallest absolute Gasteiger partial charge is 0.425 e. The SMILES string of the molecule is CC(NC(=O)CC(O)(c1ccco1)C(F)(F)F)C12CC3CC(CC(C3)C1)C2. The Kier molecular flexibility index (Phi) is 4.37. The summed E-state index contributed by atoms with van der Waals surface area (Å²) in [5.74, 6) is 0.601. The van der Waals surface area contributed by atoms with Crippen LogP contribution in [0.4, 0.5) is 13.2 Å². The largest absolute Gasteiger partial charge is 0.466 e. The molecule has 1 amide bonds. The van der Waals surface area contributed by atoms with E-state index in [0.717, 1.165) is 31.6 Å². The van der Waals surface area contributed by atoms with Crippen molar-refractivity contribution < 1.29 is 27.5 Å². The third-order valence-electron chi connectivity index (χ3n) is 7.20. The van der Waals surface area contributed by atoms with Gasteiger partial charge in [0.05, 0.1) is 12.7 Å². The molecule has 0 aliphatic heterocycles. The van der Waals surface area contributed by atoms with Gasteiger partial charge in [-0.15, -0.1) is 0 Å². The molecule has 0 spiro atoms. The van der Waals surface area contributed by atoms with Crippen LogP contribution >= 0.6 is 0 Å². The number of nitrogens with one attached hydrogen (secondary N) is 1. The van der Waals surface area contributed by atoms with Crippen LogP contribution in [-0.4, -0.2) is 23.2 Å². The molecule has 27 heavy (non-hydrogen) atoms. The highest BCUT2D eigenvalue weighted by Crippen LogP contribution is 2.61. The van der Waals surface area contributed by atoms with Gasteiger partial charge in [0.2, 0.25) is 11.5 Å². The fraction of sp³-hybridized carbons (Fsp3) is 0.750. The first-order valence-electron chi connectivity index (χ1n) is 9.74. The molecule has 4 aliphatic rings. The zero-order chi connectivity index (χ0) is 19.4. The number of aliphatic hydroxyl groups is 1. The molecular formula is C20H26F3NO3. The molecule has 0 aromatic carbocycles. The number of halogens is 3. The Bertz CT molecular complexity index is 665. The first-order valence-corrected chi connectivity index (χ1v) is 9.74. The zero-order valence-corrected chi connectivity index (χ0v) is 15.4. The molecule has 4 bridgehead atoms. The molecule has 2 N–H and O–H groups in total. The van der Waals surface area contributed by atoms with E-state index in [1.54, 1.807) is 0 Å². The third-order valence-corrected chi connectivity index (χ3v) is 7.20. The predicted molar refractivity (Wildman–Crippen MR) is 91.5 cm³/mol. The summed E-state index contributed by atoms with van der Waals surface area (Å²) in [5, 5.41) is 13.0. The summed E-state index contributed by atoms with van der Waals surface area (Å²) in [6, 6.07) is 2.11. The molecule has 4 saturated carbocycles. The van der Waals surface area contributed by atoms with Gasteiger partial charge < -0.3 is 14.8 Å². The summed E-state index contributed by atoms with van der Waals surface area (Å²) in [5.41, 5.74) is -3.33. The van der Waals surface area contributed by atoms with Crippen molar-refractivity contribution in [1.82, 2.24) is 5.32 Å². The van der Waals surface area contributed by atoms with Crippen molar-refractivity contribution in [2.24, 2.45) is 23.2 Å². The number of rotatable bonds is 5. The van der Waals surface area contributed by atoms with E-state index < -0.39 is 29.9 Å². The number of hydrogen-bond donors (Lipinski definition) is 2. The maximum atomic E-state index is 13.5. The Hall–Kier alpha value is -1.50. The van der Waals surface area contributed by atoms with Crippen molar-refractivity contribution in [1.29, 1.82) is 0 Å². The van der Waals surface area contributed by atoms with E-state index >= 15 is 0 Å². The molecule has 7 heteroatoms. The van der Waals surface area contributed by atoms with E-state index in [2.05, 4.69) is 5.32 Å². The van der Waals surface area contributed by atoms with Crippen LogP contribution in [0.15, 0.2) is 22.8 Å². The number of hydrogen-bond acceptors (Lipinski definition) is 3. The van der Waals surface area contributed by atoms with E-state index in [9.17, 15) is 23.1 Å². The molecule has 4 aliphatic carbocycles. The van der Waals surface area contributed by atoms with Gasteiger partial charge in [-0.05, 0) is 80.8 Å². The van der Waals surface area contributed by atoms with Crippen LogP contribution in [0.25, 0.3) is 0 Å². The van der Waals surface area contributed by atoms with E-state index in [4.69, 9.17) is 4.42 Å². The summed E-state index contributed by atoms with van der Waals surface area (Å²) < 4.78 is 45.2. The second-order valence-electron chi connectivity index (χ2n) is 9.08. The minimum Gasteiger partial charge on any atom is -0.466 e. The number of carbonyl (C=O) groups is 1. The van der Waals surface area contributed by atoms with E-state index in [0.29, 0.717) is 17.8 Å². The topological polar surface area (TPSA) is 62.5 Å². The van der Waals surface area contributed by atoms with Gasteiger partial charge in [0, 0.05) is 6.04 Å². The Balaban J connectivity index is 1.47. The molecule has 0 radical (unpaired) electrons. The molecule has 2 atom stereocenters. The Morgan fingerprint density at radius 3 is 2.26 bits per heavy atom. The van der Waals surface area contributed by atoms with Crippen LogP contribution in [-0.2, 0) is 10.4 Å². The lowest BCUT2D eigenvalue weighted by Crippen LogP contribution is -2.56. The highest BCUT2D eigenvalue weighted by molar-refractivity contribution is 5.77. The summed E-state index contributed by atoms with van der Waals surface area (Å²) >= 11 is 0. The molecule has 4 fully saturated rings. The molecule has 1 heterocycles. The Labute approximate surface area is 156 Å². The van der Waals surface area contributed by atoms with Crippen molar-refractivity contribution in [3.05, 3.63) is 24.2 Å². The van der Waals surface area contributed by atoms with Gasteiger partial charge in [0.25, 0.3) is 0 Å². The van der Waals surface area contributed by atoms with Crippen molar-refractivity contribution in [2.45, 2.75) is 69.7 Å². The first kappa shape index (κ1) is 18.8. The van der Waals surface area contributed by atoms with Crippen LogP contribution in [0.1, 0.15) is 57.6 Å². The van der Waals surface area contributed by atoms with Crippen molar-refractivity contribution in [2.75, 3.05) is 0 Å². The molecule has 4 nitrogen and oxygen atoms in total. The molecule has 0 saturated heterocycles. The summed E-state index contributed by atoms with van der Waals surface area (Å²) in [7, 11) is 0. The van der Waals surface area contributed by atoms with Gasteiger partial charge in [-0.25, -0.2) is 0 Å². The van der Waals surface area contributed by atoms with Crippen molar-refractivity contribution >= 4 is 5.91 Å². The first-order chi connectivity index (χ1) is 12.6. The van der Waals surface area contributed by atoms with Crippen molar-refractivity contribution in [3.63, 3.8) is 0 Å². The Morgan fingerprint density at radius 1 is 1.26 bits per heavy atom. The highest BCUT2D eigenvalue weighted by Gasteiger charge is 2.59. The fourth-order valence-electron chi connectivity index (χ4n) is 6.23. The highest BCUT2D eigenvalue weighted by atomic mass is 19.4. The summed E-state index contributed by atoms with van der Waals surface area (Å²) in [4.78, 5) is 12.5. The average molecular weight is 385 g/mol.